The molecule has 220 valence electrons. The van der Waals surface area contributed by atoms with Crippen LogP contribution in [0.5, 0.6) is 0 Å². The van der Waals surface area contributed by atoms with Gasteiger partial charge in [-0.2, -0.15) is 16.8 Å². The van der Waals surface area contributed by atoms with E-state index in [-0.39, 0.29) is 65.4 Å². The quantitative estimate of drug-likeness (QED) is 0.300. The van der Waals surface area contributed by atoms with E-state index in [1.807, 2.05) is 0 Å². The van der Waals surface area contributed by atoms with Crippen LogP contribution in [0.4, 0.5) is 0 Å². The molecule has 0 aromatic rings. The summed E-state index contributed by atoms with van der Waals surface area (Å²) in [5.74, 6) is 0.513. The number of aliphatic hydroxyl groups is 1. The van der Waals surface area contributed by atoms with Crippen LogP contribution in [0.15, 0.2) is 0 Å². The van der Waals surface area contributed by atoms with Crippen LogP contribution in [-0.4, -0.2) is 61.5 Å². The highest BCUT2D eigenvalue weighted by Crippen LogP contribution is 2.68. The zero-order chi connectivity index (χ0) is 28.1. The van der Waals surface area contributed by atoms with Crippen molar-refractivity contribution in [3.8, 4) is 0 Å². The van der Waals surface area contributed by atoms with Gasteiger partial charge in [0.2, 0.25) is 5.91 Å². The average molecular weight is 580 g/mol. The molecule has 1 amide bonds. The molecule has 4 aliphatic rings. The minimum absolute atomic E-state index is 0.00750. The third-order valence-corrected chi connectivity index (χ3v) is 12.4. The first-order valence-electron chi connectivity index (χ1n) is 14.1. The van der Waals surface area contributed by atoms with Gasteiger partial charge in [-0.15, -0.1) is 0 Å². The lowest BCUT2D eigenvalue weighted by Gasteiger charge is -2.62. The van der Waals surface area contributed by atoms with Crippen LogP contribution in [0.3, 0.4) is 0 Å². The molecule has 4 aliphatic carbocycles. The molecular weight excluding hydrogens is 534 g/mol. The molecule has 4 saturated carbocycles. The Bertz CT molecular complexity index is 1100. The summed E-state index contributed by atoms with van der Waals surface area (Å²) in [6.07, 6.45) is 6.65. The molecule has 12 heteroatoms. The van der Waals surface area contributed by atoms with Crippen molar-refractivity contribution >= 4 is 26.4 Å². The van der Waals surface area contributed by atoms with E-state index in [9.17, 15) is 31.3 Å². The van der Waals surface area contributed by atoms with Gasteiger partial charge in [0.05, 0.1) is 18.0 Å². The first-order valence-corrected chi connectivity index (χ1v) is 17.1. The molecule has 4 N–H and O–H groups in total. The molecule has 0 bridgehead atoms. The summed E-state index contributed by atoms with van der Waals surface area (Å²) < 4.78 is 69.4. The largest absolute Gasteiger partial charge is 0.397 e. The van der Waals surface area contributed by atoms with Crippen molar-refractivity contribution in [3.63, 3.8) is 0 Å². The molecule has 0 radical (unpaired) electrons. The maximum Gasteiger partial charge on any atom is 0.397 e. The van der Waals surface area contributed by atoms with Crippen molar-refractivity contribution in [1.82, 2.24) is 5.32 Å². The minimum atomic E-state index is -4.62. The molecule has 38 heavy (non-hydrogen) atoms. The minimum Gasteiger partial charge on any atom is -0.393 e. The highest BCUT2D eigenvalue weighted by Gasteiger charge is 2.63. The molecule has 0 heterocycles. The first-order chi connectivity index (χ1) is 17.5. The Kier molecular flexibility index (Phi) is 8.65. The Morgan fingerprint density at radius 1 is 1.00 bits per heavy atom. The van der Waals surface area contributed by atoms with Crippen molar-refractivity contribution in [3.05, 3.63) is 0 Å². The van der Waals surface area contributed by atoms with Gasteiger partial charge in [-0.25, -0.2) is 4.18 Å². The lowest BCUT2D eigenvalue weighted by Crippen LogP contribution is -2.59. The van der Waals surface area contributed by atoms with Gasteiger partial charge in [0, 0.05) is 13.0 Å². The third kappa shape index (κ3) is 6.25. The summed E-state index contributed by atoms with van der Waals surface area (Å²) in [5, 5.41) is 12.9. The van der Waals surface area contributed by atoms with Crippen molar-refractivity contribution in [1.29, 1.82) is 0 Å². The normalized spacial score (nSPS) is 42.0. The number of aliphatic hydroxyl groups excluding tert-OH is 1. The van der Waals surface area contributed by atoms with Crippen molar-refractivity contribution in [2.24, 2.45) is 46.3 Å². The van der Waals surface area contributed by atoms with Gasteiger partial charge in [0.15, 0.2) is 0 Å². The van der Waals surface area contributed by atoms with Gasteiger partial charge >= 0.3 is 10.4 Å². The van der Waals surface area contributed by atoms with E-state index in [4.69, 9.17) is 8.74 Å². The predicted octanol–water partition coefficient (Wildman–Crippen LogP) is 3.22. The monoisotopic (exact) mass is 579 g/mol. The summed E-state index contributed by atoms with van der Waals surface area (Å²) in [5.41, 5.74) is -0.0334. The number of carbonyl (C=O) groups excluding carboxylic acids is 1. The van der Waals surface area contributed by atoms with Gasteiger partial charge in [0.1, 0.15) is 0 Å². The highest BCUT2D eigenvalue weighted by molar-refractivity contribution is 7.85. The molecule has 0 aliphatic heterocycles. The molecule has 0 aromatic carbocycles. The standard InChI is InChI=1S/C26H45NO9S2/c1-16(4-7-23(29)27-12-13-37(30,31)32)19-5-6-20-24-21(9-11-26(19,20)3)25(2)10-8-18(28)14-17(25)15-22(24)36-38(33,34)35/h16-22,24,28H,4-15H2,1-3H3,(H,27,29)(H,30,31,32)(H,33,34,35)/t16-,17+,18-,19-,20?,21?,22?,24?,25+,26-/m1/s1. The Morgan fingerprint density at radius 3 is 2.32 bits per heavy atom. The number of hydrogen-bond acceptors (Lipinski definition) is 7. The SMILES string of the molecule is C[C@H](CCC(=O)NCCS(=O)(=O)O)[C@H]1CCC2C3C(OS(=O)(=O)O)C[C@@H]4C[C@H](O)CC[C@]4(C)C3CC[C@@]21C. The van der Waals surface area contributed by atoms with E-state index < -0.39 is 32.4 Å². The molecule has 10 atom stereocenters. The number of hydrogen-bond donors (Lipinski definition) is 4. The Labute approximate surface area is 227 Å². The fraction of sp³-hybridized carbons (Fsp3) is 0.962. The van der Waals surface area contributed by atoms with E-state index in [1.165, 1.54) is 0 Å². The molecule has 10 nitrogen and oxygen atoms in total. The van der Waals surface area contributed by atoms with Crippen LogP contribution in [-0.2, 0) is 29.5 Å². The van der Waals surface area contributed by atoms with Crippen LogP contribution < -0.4 is 5.32 Å². The molecule has 4 unspecified atom stereocenters. The number of nitrogens with one attached hydrogen (secondary N) is 1. The van der Waals surface area contributed by atoms with E-state index in [0.29, 0.717) is 25.2 Å². The van der Waals surface area contributed by atoms with Crippen LogP contribution in [0.25, 0.3) is 0 Å². The van der Waals surface area contributed by atoms with Crippen molar-refractivity contribution in [2.75, 3.05) is 12.3 Å². The zero-order valence-electron chi connectivity index (χ0n) is 22.7. The van der Waals surface area contributed by atoms with Crippen molar-refractivity contribution < 1.29 is 40.0 Å². The number of carbonyl (C=O) groups is 1. The lowest BCUT2D eigenvalue weighted by molar-refractivity contribution is -0.168. The van der Waals surface area contributed by atoms with Gasteiger partial charge in [-0.05, 0) is 104 Å². The van der Waals surface area contributed by atoms with Crippen LogP contribution in [0, 0.1) is 46.3 Å². The number of amides is 1. The van der Waals surface area contributed by atoms with Crippen LogP contribution in [0.1, 0.15) is 85.0 Å². The molecule has 0 saturated heterocycles. The van der Waals surface area contributed by atoms with Crippen LogP contribution >= 0.6 is 0 Å². The molecular formula is C26H45NO9S2. The second kappa shape index (κ2) is 10.9. The Morgan fingerprint density at radius 2 is 1.66 bits per heavy atom. The van der Waals surface area contributed by atoms with Gasteiger partial charge < -0.3 is 10.4 Å². The predicted molar refractivity (Wildman–Crippen MR) is 141 cm³/mol. The fourth-order valence-corrected chi connectivity index (χ4v) is 10.3. The molecule has 4 fully saturated rings. The average Bonchev–Trinajstić information content (AvgIpc) is 3.14. The Balaban J connectivity index is 1.48. The fourth-order valence-electron chi connectivity index (χ4n) is 9.37. The summed E-state index contributed by atoms with van der Waals surface area (Å²) in [4.78, 5) is 12.3. The summed E-state index contributed by atoms with van der Waals surface area (Å²) in [6, 6.07) is 0. The van der Waals surface area contributed by atoms with E-state index in [0.717, 1.165) is 38.5 Å². The van der Waals surface area contributed by atoms with E-state index in [2.05, 4.69) is 26.1 Å². The van der Waals surface area contributed by atoms with E-state index in [1.54, 1.807) is 0 Å². The van der Waals surface area contributed by atoms with Gasteiger partial charge in [0.25, 0.3) is 10.1 Å². The number of rotatable bonds is 9. The topological polar surface area (TPSA) is 167 Å². The molecule has 0 spiro atoms. The molecule has 0 aromatic heterocycles. The lowest BCUT2D eigenvalue weighted by atomic mass is 9.43. The Hall–Kier alpha value is -0.790. The van der Waals surface area contributed by atoms with Crippen molar-refractivity contribution in [2.45, 2.75) is 97.2 Å². The second-order valence-electron chi connectivity index (χ2n) is 13.1. The van der Waals surface area contributed by atoms with Crippen LogP contribution in [0.2, 0.25) is 0 Å². The summed E-state index contributed by atoms with van der Waals surface area (Å²) in [7, 11) is -8.74. The zero-order valence-corrected chi connectivity index (χ0v) is 24.3. The number of fused-ring (bicyclic) bond motifs is 5. The molecule has 4 rings (SSSR count). The van der Waals surface area contributed by atoms with Gasteiger partial charge in [-0.3, -0.25) is 13.9 Å². The second-order valence-corrected chi connectivity index (χ2v) is 15.7. The van der Waals surface area contributed by atoms with Gasteiger partial charge in [-0.1, -0.05) is 20.8 Å². The first kappa shape index (κ1) is 30.2. The maximum atomic E-state index is 12.3. The van der Waals surface area contributed by atoms with E-state index >= 15 is 0 Å². The summed E-state index contributed by atoms with van der Waals surface area (Å²) in [6.45, 7) is 6.65. The maximum absolute atomic E-state index is 12.3. The highest BCUT2D eigenvalue weighted by atomic mass is 32.3. The smallest absolute Gasteiger partial charge is 0.393 e. The summed E-state index contributed by atoms with van der Waals surface area (Å²) >= 11 is 0. The third-order valence-electron chi connectivity index (χ3n) is 11.1.